The molecule has 0 atom stereocenters. The van der Waals surface area contributed by atoms with E-state index in [9.17, 15) is 0 Å². The second-order valence-electron chi connectivity index (χ2n) is 20.0. The van der Waals surface area contributed by atoms with E-state index in [4.69, 9.17) is 4.42 Å². The van der Waals surface area contributed by atoms with Gasteiger partial charge in [0.1, 0.15) is 11.2 Å². The lowest BCUT2D eigenvalue weighted by molar-refractivity contribution is 0.660. The van der Waals surface area contributed by atoms with Gasteiger partial charge in [0.25, 0.3) is 0 Å². The van der Waals surface area contributed by atoms with E-state index in [1.54, 1.807) is 0 Å². The third kappa shape index (κ3) is 5.60. The van der Waals surface area contributed by atoms with E-state index >= 15 is 0 Å². The molecule has 3 heteroatoms. The number of para-hydroxylation sites is 1. The van der Waals surface area contributed by atoms with Crippen LogP contribution in [-0.4, -0.2) is 4.57 Å². The zero-order chi connectivity index (χ0) is 47.0. The van der Waals surface area contributed by atoms with Gasteiger partial charge in [0, 0.05) is 49.7 Å². The number of fused-ring (bicyclic) bond motifs is 13. The van der Waals surface area contributed by atoms with Crippen LogP contribution >= 0.6 is 0 Å². The molecule has 0 spiro atoms. The third-order valence-electron chi connectivity index (χ3n) is 16.0. The Morgan fingerprint density at radius 3 is 1.58 bits per heavy atom. The molecule has 0 N–H and O–H groups in total. The summed E-state index contributed by atoms with van der Waals surface area (Å²) in [6.07, 6.45) is 0. The van der Waals surface area contributed by atoms with Crippen LogP contribution in [0.4, 0.5) is 17.1 Å². The lowest BCUT2D eigenvalue weighted by atomic mass is 9.67. The molecule has 11 aromatic carbocycles. The fourth-order valence-corrected chi connectivity index (χ4v) is 12.8. The van der Waals surface area contributed by atoms with Crippen LogP contribution in [0.2, 0.25) is 0 Å². The second-order valence-corrected chi connectivity index (χ2v) is 20.0. The predicted molar refractivity (Wildman–Crippen MR) is 295 cm³/mol. The maximum absolute atomic E-state index is 6.60. The summed E-state index contributed by atoms with van der Waals surface area (Å²) in [7, 11) is 0. The first-order chi connectivity index (χ1) is 34.9. The van der Waals surface area contributed by atoms with Gasteiger partial charge in [-0.15, -0.1) is 0 Å². The Morgan fingerprint density at radius 2 is 0.859 bits per heavy atom. The van der Waals surface area contributed by atoms with Crippen molar-refractivity contribution >= 4 is 71.6 Å². The van der Waals surface area contributed by atoms with Gasteiger partial charge >= 0.3 is 0 Å². The Kier molecular flexibility index (Phi) is 8.34. The molecule has 0 fully saturated rings. The Balaban J connectivity index is 1.01. The summed E-state index contributed by atoms with van der Waals surface area (Å²) in [4.78, 5) is 2.46. The monoisotopic (exact) mass is 906 g/mol. The molecule has 2 aliphatic carbocycles. The van der Waals surface area contributed by atoms with Gasteiger partial charge in [-0.2, -0.15) is 0 Å². The summed E-state index contributed by atoms with van der Waals surface area (Å²) < 4.78 is 9.04. The summed E-state index contributed by atoms with van der Waals surface area (Å²) in [5.74, 6) is 0. The van der Waals surface area contributed by atoms with Gasteiger partial charge < -0.3 is 13.9 Å². The van der Waals surface area contributed by atoms with Crippen molar-refractivity contribution in [2.75, 3.05) is 4.90 Å². The smallest absolute Gasteiger partial charge is 0.136 e. The largest absolute Gasteiger partial charge is 0.456 e. The number of hydrogen-bond acceptors (Lipinski definition) is 2. The van der Waals surface area contributed by atoms with E-state index in [0.717, 1.165) is 55.7 Å². The van der Waals surface area contributed by atoms with Crippen LogP contribution in [0.5, 0.6) is 0 Å². The van der Waals surface area contributed by atoms with E-state index in [0.29, 0.717) is 0 Å². The van der Waals surface area contributed by atoms with Gasteiger partial charge in [-0.05, 0) is 151 Å². The van der Waals surface area contributed by atoms with Crippen molar-refractivity contribution in [3.8, 4) is 27.9 Å². The van der Waals surface area contributed by atoms with Crippen molar-refractivity contribution in [2.45, 2.75) is 24.7 Å². The molecule has 0 unspecified atom stereocenters. The topological polar surface area (TPSA) is 21.3 Å². The highest BCUT2D eigenvalue weighted by Gasteiger charge is 2.46. The number of anilines is 3. The van der Waals surface area contributed by atoms with Crippen molar-refractivity contribution in [3.63, 3.8) is 0 Å². The zero-order valence-electron chi connectivity index (χ0n) is 39.4. The van der Waals surface area contributed by atoms with Crippen molar-refractivity contribution in [3.05, 3.63) is 276 Å². The molecular weight excluding hydrogens is 861 g/mol. The molecule has 15 rings (SSSR count). The van der Waals surface area contributed by atoms with Gasteiger partial charge in [-0.3, -0.25) is 0 Å². The predicted octanol–water partition coefficient (Wildman–Crippen LogP) is 18.0. The first-order valence-electron chi connectivity index (χ1n) is 24.7. The highest BCUT2D eigenvalue weighted by atomic mass is 16.3. The quantitative estimate of drug-likeness (QED) is 0.166. The number of hydrogen-bond donors (Lipinski definition) is 0. The molecule has 0 saturated carbocycles. The van der Waals surface area contributed by atoms with Gasteiger partial charge in [0.2, 0.25) is 0 Å². The van der Waals surface area contributed by atoms with Gasteiger partial charge in [-0.1, -0.05) is 172 Å². The summed E-state index contributed by atoms with van der Waals surface area (Å²) in [5.41, 5.74) is 20.8. The van der Waals surface area contributed by atoms with Crippen LogP contribution in [0.3, 0.4) is 0 Å². The number of furan rings is 1. The van der Waals surface area contributed by atoms with Gasteiger partial charge in [0.15, 0.2) is 0 Å². The Hall–Kier alpha value is -8.92. The standard InChI is InChI=1S/C68H46N2O/c1-67(2)59-26-14-11-25-53(59)54-40-48(30-33-60(54)67)69(50-32-36-65-58(42-50)57-37-43-17-9-10-18-44(43)38-66(57)71-65)49-31-35-64-56(41-49)55-39-46(29-34-63(55)70(64)47-21-7-4-8-22-47)68(45-19-5-3-6-20-45)61-27-15-12-23-51(61)52-24-13-16-28-62(52)68/h3-42H,1-2H3. The minimum absolute atomic E-state index is 0.111. The zero-order valence-corrected chi connectivity index (χ0v) is 39.4. The van der Waals surface area contributed by atoms with Crippen LogP contribution in [0.15, 0.2) is 247 Å². The minimum Gasteiger partial charge on any atom is -0.456 e. The average molecular weight is 907 g/mol. The number of benzene rings is 11. The molecule has 71 heavy (non-hydrogen) atoms. The number of aromatic nitrogens is 1. The van der Waals surface area contributed by atoms with Crippen molar-refractivity contribution < 1.29 is 4.42 Å². The molecule has 3 nitrogen and oxygen atoms in total. The van der Waals surface area contributed by atoms with Crippen LogP contribution in [0.1, 0.15) is 47.2 Å². The fourth-order valence-electron chi connectivity index (χ4n) is 12.8. The summed E-state index contributed by atoms with van der Waals surface area (Å²) in [5, 5.41) is 6.96. The van der Waals surface area contributed by atoms with E-state index in [2.05, 4.69) is 266 Å². The maximum atomic E-state index is 6.60. The van der Waals surface area contributed by atoms with Gasteiger partial charge in [0.05, 0.1) is 16.4 Å². The first-order valence-corrected chi connectivity index (χ1v) is 24.7. The molecule has 0 aliphatic heterocycles. The third-order valence-corrected chi connectivity index (χ3v) is 16.0. The lowest BCUT2D eigenvalue weighted by Gasteiger charge is -2.34. The highest BCUT2D eigenvalue weighted by molar-refractivity contribution is 6.13. The molecule has 334 valence electrons. The molecule has 0 radical (unpaired) electrons. The minimum atomic E-state index is -0.532. The summed E-state index contributed by atoms with van der Waals surface area (Å²) in [6, 6.07) is 90.0. The number of nitrogens with zero attached hydrogens (tertiary/aromatic N) is 2. The second kappa shape index (κ2) is 14.8. The van der Waals surface area contributed by atoms with Crippen LogP contribution in [0, 0.1) is 0 Å². The summed E-state index contributed by atoms with van der Waals surface area (Å²) in [6.45, 7) is 4.71. The molecule has 0 saturated heterocycles. The molecule has 2 heterocycles. The van der Waals surface area contributed by atoms with Crippen LogP contribution < -0.4 is 4.90 Å². The Morgan fingerprint density at radius 1 is 0.352 bits per heavy atom. The van der Waals surface area contributed by atoms with Crippen LogP contribution in [0.25, 0.3) is 82.5 Å². The van der Waals surface area contributed by atoms with Crippen LogP contribution in [-0.2, 0) is 10.8 Å². The molecule has 13 aromatic rings. The molecule has 2 aliphatic rings. The van der Waals surface area contributed by atoms with Crippen molar-refractivity contribution in [1.82, 2.24) is 4.57 Å². The molecule has 0 amide bonds. The van der Waals surface area contributed by atoms with E-state index < -0.39 is 5.41 Å². The van der Waals surface area contributed by atoms with E-state index in [1.807, 2.05) is 0 Å². The number of rotatable bonds is 6. The Labute approximate surface area is 412 Å². The average Bonchev–Trinajstić information content (AvgIpc) is 4.11. The van der Waals surface area contributed by atoms with Crippen molar-refractivity contribution in [2.24, 2.45) is 0 Å². The highest BCUT2D eigenvalue weighted by Crippen LogP contribution is 2.57. The van der Waals surface area contributed by atoms with E-state index in [1.165, 1.54) is 77.2 Å². The van der Waals surface area contributed by atoms with E-state index in [-0.39, 0.29) is 5.41 Å². The first kappa shape index (κ1) is 40.0. The lowest BCUT2D eigenvalue weighted by Crippen LogP contribution is -2.28. The fraction of sp³-hybridized carbons (Fsp3) is 0.0588. The maximum Gasteiger partial charge on any atom is 0.136 e. The van der Waals surface area contributed by atoms with Gasteiger partial charge in [-0.25, -0.2) is 0 Å². The molecule has 0 bridgehead atoms. The van der Waals surface area contributed by atoms with Crippen molar-refractivity contribution in [1.29, 1.82) is 0 Å². The SMILES string of the molecule is CC1(C)c2ccccc2-c2cc(N(c3ccc4oc5cc6ccccc6cc5c4c3)c3ccc4c(c3)c3cc(C5(c6ccccc6)c6ccccc6-c6ccccc65)ccc3n4-c3ccccc3)ccc21. The Bertz CT molecular complexity index is 4280. The summed E-state index contributed by atoms with van der Waals surface area (Å²) >= 11 is 0. The molecule has 2 aromatic heterocycles. The molecular formula is C68H46N2O. The normalized spacial score (nSPS) is 14.0.